The van der Waals surface area contributed by atoms with E-state index >= 15 is 0 Å². The summed E-state index contributed by atoms with van der Waals surface area (Å²) in [5.41, 5.74) is 6.72. The highest BCUT2D eigenvalue weighted by molar-refractivity contribution is 7.91. The molecule has 2 N–H and O–H groups in total. The fraction of sp³-hybridized carbons (Fsp3) is 0.385. The van der Waals surface area contributed by atoms with Gasteiger partial charge in [0.15, 0.2) is 9.84 Å². The van der Waals surface area contributed by atoms with Crippen molar-refractivity contribution in [3.8, 4) is 0 Å². The number of amides is 1. The number of carbonyl (C=O) groups excluding carboxylic acids is 1. The molecule has 0 bridgehead atoms. The molecule has 1 aromatic carbocycles. The lowest BCUT2D eigenvalue weighted by Gasteiger charge is -2.19. The van der Waals surface area contributed by atoms with Crippen molar-refractivity contribution in [1.82, 2.24) is 4.90 Å². The lowest BCUT2D eigenvalue weighted by Crippen LogP contribution is -2.33. The fourth-order valence-corrected chi connectivity index (χ4v) is 3.51. The highest BCUT2D eigenvalue weighted by atomic mass is 32.2. The van der Waals surface area contributed by atoms with Crippen molar-refractivity contribution in [3.63, 3.8) is 0 Å². The molecule has 1 aromatic rings. The Kier molecular flexibility index (Phi) is 4.39. The molecule has 1 aliphatic rings. The van der Waals surface area contributed by atoms with Crippen LogP contribution in [-0.2, 0) is 9.84 Å². The molecular weight excluding hydrogens is 296 g/mol. The minimum Gasteiger partial charge on any atom is -0.389 e. The van der Waals surface area contributed by atoms with Crippen molar-refractivity contribution in [2.24, 2.45) is 5.73 Å². The van der Waals surface area contributed by atoms with E-state index in [9.17, 15) is 13.2 Å². The summed E-state index contributed by atoms with van der Waals surface area (Å²) in [6, 6.07) is 6.72. The summed E-state index contributed by atoms with van der Waals surface area (Å²) < 4.78 is 23.1. The van der Waals surface area contributed by atoms with Gasteiger partial charge in [-0.1, -0.05) is 24.4 Å². The van der Waals surface area contributed by atoms with Gasteiger partial charge in [-0.25, -0.2) is 8.42 Å². The van der Waals surface area contributed by atoms with Gasteiger partial charge in [-0.05, 0) is 18.6 Å². The normalized spacial score (nSPS) is 18.3. The number of carbonyl (C=O) groups is 1. The Labute approximate surface area is 123 Å². The van der Waals surface area contributed by atoms with Gasteiger partial charge in [-0.15, -0.1) is 0 Å². The zero-order valence-corrected chi connectivity index (χ0v) is 12.5. The van der Waals surface area contributed by atoms with Crippen molar-refractivity contribution in [3.05, 3.63) is 35.4 Å². The zero-order valence-electron chi connectivity index (χ0n) is 10.9. The maximum atomic E-state index is 12.3. The van der Waals surface area contributed by atoms with Crippen LogP contribution in [-0.4, -0.2) is 48.8 Å². The molecule has 0 saturated carbocycles. The molecule has 2 rings (SSSR count). The van der Waals surface area contributed by atoms with Gasteiger partial charge < -0.3 is 10.6 Å². The van der Waals surface area contributed by atoms with Crippen molar-refractivity contribution in [1.29, 1.82) is 0 Å². The van der Waals surface area contributed by atoms with E-state index in [1.807, 2.05) is 0 Å². The maximum absolute atomic E-state index is 12.3. The van der Waals surface area contributed by atoms with Crippen LogP contribution in [0.5, 0.6) is 0 Å². The summed E-state index contributed by atoms with van der Waals surface area (Å²) in [6.45, 7) is 0.716. The standard InChI is InChI=1S/C13H16N2O3S2/c14-12(19)10-2-4-11(5-3-10)13(16)15-6-1-8-20(17,18)9-7-15/h2-5H,1,6-9H2,(H2,14,19). The van der Waals surface area contributed by atoms with E-state index < -0.39 is 9.84 Å². The summed E-state index contributed by atoms with van der Waals surface area (Å²) in [5, 5.41) is 0. The minimum atomic E-state index is -3.01. The van der Waals surface area contributed by atoms with E-state index in [-0.39, 0.29) is 28.9 Å². The third-order valence-electron chi connectivity index (χ3n) is 3.26. The third-order valence-corrected chi connectivity index (χ3v) is 5.21. The number of sulfone groups is 1. The predicted octanol–water partition coefficient (Wildman–Crippen LogP) is 0.582. The number of benzene rings is 1. The summed E-state index contributed by atoms with van der Waals surface area (Å²) >= 11 is 4.86. The van der Waals surface area contributed by atoms with E-state index in [0.717, 1.165) is 0 Å². The molecule has 0 atom stereocenters. The van der Waals surface area contributed by atoms with Crippen LogP contribution in [0.1, 0.15) is 22.3 Å². The molecule has 0 aromatic heterocycles. The van der Waals surface area contributed by atoms with Crippen molar-refractivity contribution in [2.45, 2.75) is 6.42 Å². The first kappa shape index (κ1) is 14.9. The van der Waals surface area contributed by atoms with Gasteiger partial charge >= 0.3 is 0 Å². The predicted molar refractivity (Wildman–Crippen MR) is 81.5 cm³/mol. The number of nitrogens with two attached hydrogens (primary N) is 1. The topological polar surface area (TPSA) is 80.5 Å². The monoisotopic (exact) mass is 312 g/mol. The van der Waals surface area contributed by atoms with Crippen molar-refractivity contribution in [2.75, 3.05) is 24.6 Å². The molecule has 5 nitrogen and oxygen atoms in total. The van der Waals surface area contributed by atoms with Crippen LogP contribution in [0.15, 0.2) is 24.3 Å². The molecule has 1 fully saturated rings. The summed E-state index contributed by atoms with van der Waals surface area (Å²) in [4.78, 5) is 14.2. The zero-order chi connectivity index (χ0) is 14.8. The second kappa shape index (κ2) is 5.88. The molecular formula is C13H16N2O3S2. The lowest BCUT2D eigenvalue weighted by atomic mass is 10.1. The third kappa shape index (κ3) is 3.55. The molecule has 108 valence electrons. The highest BCUT2D eigenvalue weighted by Crippen LogP contribution is 2.11. The summed E-state index contributed by atoms with van der Waals surface area (Å²) in [6.07, 6.45) is 0.485. The van der Waals surface area contributed by atoms with Gasteiger partial charge in [0.1, 0.15) is 4.99 Å². The van der Waals surface area contributed by atoms with E-state index in [1.54, 1.807) is 29.2 Å². The Hall–Kier alpha value is -1.47. The van der Waals surface area contributed by atoms with Gasteiger partial charge in [-0.3, -0.25) is 4.79 Å². The average molecular weight is 312 g/mol. The lowest BCUT2D eigenvalue weighted by molar-refractivity contribution is 0.0768. The highest BCUT2D eigenvalue weighted by Gasteiger charge is 2.23. The van der Waals surface area contributed by atoms with Gasteiger partial charge in [0, 0.05) is 24.2 Å². The number of rotatable bonds is 2. The Morgan fingerprint density at radius 3 is 2.30 bits per heavy atom. The largest absolute Gasteiger partial charge is 0.389 e. The van der Waals surface area contributed by atoms with E-state index in [2.05, 4.69) is 0 Å². The van der Waals surface area contributed by atoms with E-state index in [1.165, 1.54) is 0 Å². The van der Waals surface area contributed by atoms with Crippen LogP contribution in [0, 0.1) is 0 Å². The first-order valence-corrected chi connectivity index (χ1v) is 8.51. The van der Waals surface area contributed by atoms with Crippen LogP contribution in [0.4, 0.5) is 0 Å². The molecule has 1 heterocycles. The van der Waals surface area contributed by atoms with Gasteiger partial charge in [0.05, 0.1) is 11.5 Å². The number of hydrogen-bond donors (Lipinski definition) is 1. The SMILES string of the molecule is NC(=S)c1ccc(C(=O)N2CCCS(=O)(=O)CC2)cc1. The molecule has 0 unspecified atom stereocenters. The fourth-order valence-electron chi connectivity index (χ4n) is 2.10. The van der Waals surface area contributed by atoms with Gasteiger partial charge in [0.2, 0.25) is 0 Å². The second-order valence-electron chi connectivity index (χ2n) is 4.74. The molecule has 0 spiro atoms. The van der Waals surface area contributed by atoms with Crippen molar-refractivity contribution < 1.29 is 13.2 Å². The molecule has 0 radical (unpaired) electrons. The summed E-state index contributed by atoms with van der Waals surface area (Å²) in [7, 11) is -3.01. The van der Waals surface area contributed by atoms with Gasteiger partial charge in [-0.2, -0.15) is 0 Å². The average Bonchev–Trinajstić information content (AvgIpc) is 2.59. The van der Waals surface area contributed by atoms with Crippen LogP contribution in [0.25, 0.3) is 0 Å². The second-order valence-corrected chi connectivity index (χ2v) is 7.48. The van der Waals surface area contributed by atoms with Crippen molar-refractivity contribution >= 4 is 33.0 Å². The number of nitrogens with zero attached hydrogens (tertiary/aromatic N) is 1. The Bertz CT molecular complexity index is 624. The molecule has 20 heavy (non-hydrogen) atoms. The number of thiocarbonyl (C=S) groups is 1. The quantitative estimate of drug-likeness (QED) is 0.808. The first-order chi connectivity index (χ1) is 9.39. The molecule has 7 heteroatoms. The molecule has 1 amide bonds. The van der Waals surface area contributed by atoms with Crippen LogP contribution >= 0.6 is 12.2 Å². The Balaban J connectivity index is 2.12. The minimum absolute atomic E-state index is 0.0315. The van der Waals surface area contributed by atoms with E-state index in [0.29, 0.717) is 24.1 Å². The van der Waals surface area contributed by atoms with Crippen LogP contribution < -0.4 is 5.73 Å². The van der Waals surface area contributed by atoms with Gasteiger partial charge in [0.25, 0.3) is 5.91 Å². The Morgan fingerprint density at radius 2 is 1.70 bits per heavy atom. The van der Waals surface area contributed by atoms with Crippen LogP contribution in [0.2, 0.25) is 0 Å². The molecule has 0 aliphatic carbocycles. The maximum Gasteiger partial charge on any atom is 0.253 e. The van der Waals surface area contributed by atoms with Crippen LogP contribution in [0.3, 0.4) is 0 Å². The first-order valence-electron chi connectivity index (χ1n) is 6.29. The molecule has 1 saturated heterocycles. The number of hydrogen-bond acceptors (Lipinski definition) is 4. The molecule has 1 aliphatic heterocycles. The van der Waals surface area contributed by atoms with E-state index in [4.69, 9.17) is 18.0 Å². The Morgan fingerprint density at radius 1 is 1.10 bits per heavy atom. The summed E-state index contributed by atoms with van der Waals surface area (Å²) in [5.74, 6) is 0.0255. The smallest absolute Gasteiger partial charge is 0.253 e.